The van der Waals surface area contributed by atoms with E-state index >= 15 is 0 Å². The number of carbonyl (C=O) groups is 5. The average Bonchev–Trinajstić information content (AvgIpc) is 3.18. The molecule has 2 N–H and O–H groups in total. The molecule has 0 radical (unpaired) electrons. The molecule has 1 unspecified atom stereocenters. The number of hydrogen-bond donors (Lipinski definition) is 2. The Morgan fingerprint density at radius 1 is 1.13 bits per heavy atom. The van der Waals surface area contributed by atoms with Crippen molar-refractivity contribution in [3.63, 3.8) is 0 Å². The highest BCUT2D eigenvalue weighted by Crippen LogP contribution is 2.28. The summed E-state index contributed by atoms with van der Waals surface area (Å²) in [7, 11) is 1.52. The zero-order valence-electron chi connectivity index (χ0n) is 21.9. The van der Waals surface area contributed by atoms with Crippen LogP contribution in [-0.2, 0) is 32.2 Å². The van der Waals surface area contributed by atoms with E-state index in [1.54, 1.807) is 57.2 Å². The van der Waals surface area contributed by atoms with E-state index in [4.69, 9.17) is 4.74 Å². The van der Waals surface area contributed by atoms with Crippen LogP contribution in [0.3, 0.4) is 0 Å². The second-order valence-corrected chi connectivity index (χ2v) is 10.5. The maximum Gasteiger partial charge on any atom is 0.410 e. The monoisotopic (exact) mass is 520 g/mol. The van der Waals surface area contributed by atoms with Gasteiger partial charge in [0.25, 0.3) is 5.91 Å². The third-order valence-corrected chi connectivity index (χ3v) is 6.49. The van der Waals surface area contributed by atoms with Crippen LogP contribution in [0.15, 0.2) is 48.5 Å². The van der Waals surface area contributed by atoms with Crippen LogP contribution < -0.4 is 10.6 Å². The van der Waals surface area contributed by atoms with E-state index in [2.05, 4.69) is 10.6 Å². The summed E-state index contributed by atoms with van der Waals surface area (Å²) in [6.07, 6.45) is -0.140. The molecule has 2 heterocycles. The van der Waals surface area contributed by atoms with E-state index in [1.165, 1.54) is 16.8 Å². The molecule has 4 rings (SSSR count). The van der Waals surface area contributed by atoms with E-state index in [0.29, 0.717) is 17.5 Å². The van der Waals surface area contributed by atoms with Crippen molar-refractivity contribution in [1.82, 2.24) is 20.4 Å². The molecule has 38 heavy (non-hydrogen) atoms. The molecule has 0 bridgehead atoms. The SMILES string of the molecule is CN(C(=O)OC(C)(C)C)[C@H](C(=O)NCc1ccc2c(c1)CN(C1CCC(=O)NC1=O)C2=O)c1ccccc1. The molecular formula is C28H32N4O6. The number of likely N-dealkylation sites (N-methyl/N-ethyl adjacent to an activating group) is 1. The molecule has 0 aliphatic carbocycles. The number of nitrogens with one attached hydrogen (secondary N) is 2. The van der Waals surface area contributed by atoms with Gasteiger partial charge >= 0.3 is 6.09 Å². The lowest BCUT2D eigenvalue weighted by Gasteiger charge is -2.30. The Morgan fingerprint density at radius 2 is 1.84 bits per heavy atom. The van der Waals surface area contributed by atoms with Crippen molar-refractivity contribution in [2.75, 3.05) is 7.05 Å². The Labute approximate surface area is 221 Å². The van der Waals surface area contributed by atoms with Crippen LogP contribution in [0.1, 0.15) is 66.7 Å². The smallest absolute Gasteiger partial charge is 0.410 e. The topological polar surface area (TPSA) is 125 Å². The number of carbonyl (C=O) groups excluding carboxylic acids is 5. The first kappa shape index (κ1) is 26.8. The van der Waals surface area contributed by atoms with Gasteiger partial charge in [-0.15, -0.1) is 0 Å². The van der Waals surface area contributed by atoms with Crippen molar-refractivity contribution in [1.29, 1.82) is 0 Å². The number of piperidine rings is 1. The molecule has 5 amide bonds. The van der Waals surface area contributed by atoms with Gasteiger partial charge in [0.05, 0.1) is 0 Å². The van der Waals surface area contributed by atoms with Crippen LogP contribution in [0.5, 0.6) is 0 Å². The minimum Gasteiger partial charge on any atom is -0.444 e. The summed E-state index contributed by atoms with van der Waals surface area (Å²) in [5.74, 6) is -1.44. The van der Waals surface area contributed by atoms with Crippen LogP contribution in [0.2, 0.25) is 0 Å². The first-order valence-corrected chi connectivity index (χ1v) is 12.5. The highest BCUT2D eigenvalue weighted by atomic mass is 16.6. The molecule has 0 aromatic heterocycles. The van der Waals surface area contributed by atoms with Crippen molar-refractivity contribution in [2.24, 2.45) is 0 Å². The minimum atomic E-state index is -0.912. The standard InChI is InChI=1S/C28H32N4O6/c1-28(2,3)38-27(37)31(4)23(18-8-6-5-7-9-18)25(35)29-15-17-10-11-20-19(14-17)16-32(26(20)36)21-12-13-22(33)30-24(21)34/h5-11,14,21,23H,12-13,15-16H2,1-4H3,(H,29,35)(H,30,33,34)/t21?,23-/m0/s1. The number of fused-ring (bicyclic) bond motifs is 1. The van der Waals surface area contributed by atoms with Crippen molar-refractivity contribution in [3.05, 3.63) is 70.8 Å². The first-order chi connectivity index (χ1) is 17.9. The number of benzene rings is 2. The van der Waals surface area contributed by atoms with Crippen LogP contribution in [-0.4, -0.2) is 58.2 Å². The molecule has 1 saturated heterocycles. The van der Waals surface area contributed by atoms with Crippen LogP contribution in [0.25, 0.3) is 0 Å². The maximum atomic E-state index is 13.3. The molecule has 2 aliphatic rings. The van der Waals surface area contributed by atoms with E-state index in [1.807, 2.05) is 12.1 Å². The van der Waals surface area contributed by atoms with Crippen LogP contribution in [0.4, 0.5) is 4.79 Å². The maximum absolute atomic E-state index is 13.3. The Balaban J connectivity index is 1.46. The van der Waals surface area contributed by atoms with Gasteiger partial charge in [0, 0.05) is 32.1 Å². The lowest BCUT2D eigenvalue weighted by molar-refractivity contribution is -0.137. The van der Waals surface area contributed by atoms with Gasteiger partial charge in [-0.1, -0.05) is 42.5 Å². The molecule has 200 valence electrons. The van der Waals surface area contributed by atoms with Crippen molar-refractivity contribution in [2.45, 2.75) is 64.4 Å². The minimum absolute atomic E-state index is 0.171. The number of ether oxygens (including phenoxy) is 1. The predicted octanol–water partition coefficient (Wildman–Crippen LogP) is 2.67. The summed E-state index contributed by atoms with van der Waals surface area (Å²) in [4.78, 5) is 65.5. The highest BCUT2D eigenvalue weighted by molar-refractivity contribution is 6.05. The zero-order valence-corrected chi connectivity index (χ0v) is 21.9. The number of rotatable bonds is 6. The van der Waals surface area contributed by atoms with E-state index in [-0.39, 0.29) is 37.2 Å². The second-order valence-electron chi connectivity index (χ2n) is 10.5. The number of nitrogens with zero attached hydrogens (tertiary/aromatic N) is 2. The van der Waals surface area contributed by atoms with Crippen molar-refractivity contribution >= 4 is 29.7 Å². The lowest BCUT2D eigenvalue weighted by atomic mass is 10.0. The molecule has 2 atom stereocenters. The van der Waals surface area contributed by atoms with Crippen molar-refractivity contribution in [3.8, 4) is 0 Å². The summed E-state index contributed by atoms with van der Waals surface area (Å²) in [6.45, 7) is 5.70. The molecule has 0 spiro atoms. The fraction of sp³-hybridized carbons (Fsp3) is 0.393. The Bertz CT molecular complexity index is 1270. The van der Waals surface area contributed by atoms with Gasteiger partial charge in [0.15, 0.2) is 0 Å². The van der Waals surface area contributed by atoms with E-state index < -0.39 is 29.7 Å². The third-order valence-electron chi connectivity index (χ3n) is 6.49. The van der Waals surface area contributed by atoms with Gasteiger partial charge in [0.1, 0.15) is 17.7 Å². The summed E-state index contributed by atoms with van der Waals surface area (Å²) < 4.78 is 5.47. The molecule has 10 heteroatoms. The van der Waals surface area contributed by atoms with Gasteiger partial charge < -0.3 is 15.0 Å². The summed E-state index contributed by atoms with van der Waals surface area (Å²) >= 11 is 0. The van der Waals surface area contributed by atoms with Gasteiger partial charge in [-0.05, 0) is 49.9 Å². The average molecular weight is 521 g/mol. The normalized spacial score (nSPS) is 17.9. The van der Waals surface area contributed by atoms with Crippen molar-refractivity contribution < 1.29 is 28.7 Å². The molecule has 2 aromatic rings. The number of hydrogen-bond acceptors (Lipinski definition) is 6. The zero-order chi connectivity index (χ0) is 27.6. The van der Waals surface area contributed by atoms with Gasteiger partial charge in [-0.2, -0.15) is 0 Å². The van der Waals surface area contributed by atoms with Gasteiger partial charge in [-0.25, -0.2) is 4.79 Å². The quantitative estimate of drug-likeness (QED) is 0.565. The third kappa shape index (κ3) is 5.85. The molecule has 2 aliphatic heterocycles. The molecule has 2 aromatic carbocycles. The largest absolute Gasteiger partial charge is 0.444 e. The number of amides is 5. The van der Waals surface area contributed by atoms with Gasteiger partial charge in [-0.3, -0.25) is 29.4 Å². The van der Waals surface area contributed by atoms with E-state index in [0.717, 1.165) is 11.1 Å². The number of imide groups is 1. The predicted molar refractivity (Wildman–Crippen MR) is 138 cm³/mol. The van der Waals surface area contributed by atoms with E-state index in [9.17, 15) is 24.0 Å². The molecular weight excluding hydrogens is 488 g/mol. The fourth-order valence-electron chi connectivity index (χ4n) is 4.65. The fourth-order valence-corrected chi connectivity index (χ4v) is 4.65. The molecule has 1 fully saturated rings. The highest BCUT2D eigenvalue weighted by Gasteiger charge is 2.39. The summed E-state index contributed by atoms with van der Waals surface area (Å²) in [5, 5.41) is 5.19. The first-order valence-electron chi connectivity index (χ1n) is 12.5. The molecule has 10 nitrogen and oxygen atoms in total. The molecule has 0 saturated carbocycles. The summed E-state index contributed by atoms with van der Waals surface area (Å²) in [5.41, 5.74) is 1.93. The Hall–Kier alpha value is -4.21. The van der Waals surface area contributed by atoms with Crippen LogP contribution in [0, 0.1) is 0 Å². The Morgan fingerprint density at radius 3 is 2.50 bits per heavy atom. The van der Waals surface area contributed by atoms with Gasteiger partial charge in [0.2, 0.25) is 17.7 Å². The second kappa shape index (κ2) is 10.6. The van der Waals surface area contributed by atoms with Crippen LogP contribution >= 0.6 is 0 Å². The lowest BCUT2D eigenvalue weighted by Crippen LogP contribution is -2.52. The Kier molecular flexibility index (Phi) is 7.52. The summed E-state index contributed by atoms with van der Waals surface area (Å²) in [6, 6.07) is 12.6.